The van der Waals surface area contributed by atoms with Gasteiger partial charge in [-0.25, -0.2) is 13.4 Å². The summed E-state index contributed by atoms with van der Waals surface area (Å²) < 4.78 is 81.1. The van der Waals surface area contributed by atoms with E-state index in [1.807, 2.05) is 20.8 Å². The summed E-state index contributed by atoms with van der Waals surface area (Å²) in [4.78, 5) is 66.4. The van der Waals surface area contributed by atoms with Crippen LogP contribution in [0.3, 0.4) is 0 Å². The molecule has 2 aliphatic carbocycles. The van der Waals surface area contributed by atoms with Gasteiger partial charge >= 0.3 is 6.18 Å². The fourth-order valence-electron chi connectivity index (χ4n) is 8.10. The predicted octanol–water partition coefficient (Wildman–Crippen LogP) is 6.36. The first-order chi connectivity index (χ1) is 30.7. The van der Waals surface area contributed by atoms with E-state index in [1.165, 1.54) is 23.1 Å². The average molecular weight is 916 g/mol. The van der Waals surface area contributed by atoms with Gasteiger partial charge in [0.1, 0.15) is 34.8 Å². The molecule has 15 nitrogen and oxygen atoms in total. The van der Waals surface area contributed by atoms with Gasteiger partial charge in [0, 0.05) is 41.1 Å². The van der Waals surface area contributed by atoms with Gasteiger partial charge in [0.15, 0.2) is 5.82 Å². The Balaban J connectivity index is 1.14. The van der Waals surface area contributed by atoms with E-state index < -0.39 is 79.8 Å². The number of nitrogens with zero attached hydrogens (tertiary/aromatic N) is 3. The SMILES string of the molecule is C=C[C@@H]1C[C@]1(NC(=O)[C@@H]1C[C@@H](Oc2nc(-c3ccc(C(F)(F)F)cc3)nc3c2oc2ccccc23)CN1C(=O)[C@@H](Nc1ccc(C(=O)NCC)cc1)C(C)(C)C)C(=O)NS(=O)(=O)C1CC1. The number of amides is 4. The lowest BCUT2D eigenvalue weighted by atomic mass is 9.85. The Bertz CT molecular complexity index is 2810. The third-order valence-electron chi connectivity index (χ3n) is 11.9. The van der Waals surface area contributed by atoms with Crippen molar-refractivity contribution in [2.24, 2.45) is 11.3 Å². The lowest BCUT2D eigenvalue weighted by molar-refractivity contribution is -0.141. The highest BCUT2D eigenvalue weighted by molar-refractivity contribution is 7.91. The van der Waals surface area contributed by atoms with Crippen LogP contribution in [0, 0.1) is 11.3 Å². The van der Waals surface area contributed by atoms with Gasteiger partial charge in [0.25, 0.3) is 17.7 Å². The number of para-hydroxylation sites is 1. The fourth-order valence-corrected chi connectivity index (χ4v) is 9.46. The van der Waals surface area contributed by atoms with Gasteiger partial charge in [0.05, 0.1) is 17.4 Å². The molecule has 342 valence electrons. The molecule has 0 bridgehead atoms. The number of alkyl halides is 3. The van der Waals surface area contributed by atoms with Crippen LogP contribution in [0.5, 0.6) is 5.88 Å². The van der Waals surface area contributed by atoms with Gasteiger partial charge in [0.2, 0.25) is 27.4 Å². The second-order valence-electron chi connectivity index (χ2n) is 17.7. The minimum absolute atomic E-state index is 0.0292. The maximum atomic E-state index is 15.0. The molecule has 5 aromatic rings. The maximum absolute atomic E-state index is 15.0. The summed E-state index contributed by atoms with van der Waals surface area (Å²) in [6, 6.07) is 15.6. The predicted molar refractivity (Wildman–Crippen MR) is 235 cm³/mol. The Kier molecular flexibility index (Phi) is 11.7. The Morgan fingerprint density at radius 1 is 1.00 bits per heavy atom. The second-order valence-corrected chi connectivity index (χ2v) is 19.7. The lowest BCUT2D eigenvalue weighted by Crippen LogP contribution is -2.58. The first kappa shape index (κ1) is 45.1. The van der Waals surface area contributed by atoms with E-state index >= 15 is 4.79 Å². The first-order valence-electron chi connectivity index (χ1n) is 21.2. The molecule has 3 fully saturated rings. The lowest BCUT2D eigenvalue weighted by Gasteiger charge is -2.36. The molecule has 0 spiro atoms. The molecule has 5 atom stereocenters. The maximum Gasteiger partial charge on any atom is 0.416 e. The molecular weight excluding hydrogens is 868 g/mol. The number of likely N-dealkylation sites (tertiary alicyclic amines) is 1. The van der Waals surface area contributed by atoms with Crippen LogP contribution in [0.1, 0.15) is 69.3 Å². The molecule has 65 heavy (non-hydrogen) atoms. The molecule has 1 aliphatic heterocycles. The number of nitrogens with one attached hydrogen (secondary N) is 4. The number of carbonyl (C=O) groups excluding carboxylic acids is 4. The van der Waals surface area contributed by atoms with E-state index in [9.17, 15) is 36.0 Å². The van der Waals surface area contributed by atoms with Crippen LogP contribution in [-0.2, 0) is 30.6 Å². The van der Waals surface area contributed by atoms with Crippen molar-refractivity contribution in [3.05, 3.63) is 96.6 Å². The standard InChI is InChI=1S/C46H48F3N7O8S/c1-6-27-23-45(27,43(60)55-65(61,62)31-20-21-31)54-40(58)33-22-30(24-56(33)42(59)37(44(3,4)5)51-29-18-14-26(15-19-29)39(57)50-7-2)63-41-36-35(32-10-8-9-11-34(32)64-36)52-38(53-41)25-12-16-28(17-13-25)46(47,48)49/h6,8-19,27,30-31,33,37,51H,1,7,20-24H2,2-5H3,(H,50,57)(H,54,58)(H,55,60)/t27-,30-,33+,37-,45-/m1/s1. The van der Waals surface area contributed by atoms with Crippen molar-refractivity contribution in [3.8, 4) is 17.3 Å². The smallest absolute Gasteiger partial charge is 0.416 e. The zero-order valence-electron chi connectivity index (χ0n) is 36.0. The number of fused-ring (bicyclic) bond motifs is 3. The van der Waals surface area contributed by atoms with Crippen molar-refractivity contribution >= 4 is 61.4 Å². The van der Waals surface area contributed by atoms with Gasteiger partial charge in [-0.3, -0.25) is 23.9 Å². The van der Waals surface area contributed by atoms with Gasteiger partial charge < -0.3 is 30.0 Å². The number of anilines is 1. The average Bonchev–Trinajstić information content (AvgIpc) is 4.17. The van der Waals surface area contributed by atoms with Crippen molar-refractivity contribution in [2.45, 2.75) is 88.5 Å². The molecule has 2 aromatic heterocycles. The van der Waals surface area contributed by atoms with E-state index in [0.717, 1.165) is 12.1 Å². The van der Waals surface area contributed by atoms with Gasteiger partial charge in [-0.15, -0.1) is 6.58 Å². The van der Waals surface area contributed by atoms with E-state index in [-0.39, 0.29) is 48.1 Å². The summed E-state index contributed by atoms with van der Waals surface area (Å²) in [7, 11) is -3.98. The third-order valence-corrected chi connectivity index (χ3v) is 13.8. The second kappa shape index (κ2) is 16.8. The van der Waals surface area contributed by atoms with Gasteiger partial charge in [-0.1, -0.05) is 51.1 Å². The molecular formula is C46H48F3N7O8S. The molecule has 0 radical (unpaired) electrons. The molecule has 3 heterocycles. The largest absolute Gasteiger partial charge is 0.470 e. The van der Waals surface area contributed by atoms with Crippen LogP contribution in [0.2, 0.25) is 0 Å². The number of benzene rings is 3. The molecule has 4 N–H and O–H groups in total. The van der Waals surface area contributed by atoms with Crippen molar-refractivity contribution in [1.29, 1.82) is 0 Å². The molecule has 0 unspecified atom stereocenters. The number of hydrogen-bond donors (Lipinski definition) is 4. The zero-order valence-corrected chi connectivity index (χ0v) is 36.8. The summed E-state index contributed by atoms with van der Waals surface area (Å²) in [6.07, 6.45) is -3.30. The van der Waals surface area contributed by atoms with Gasteiger partial charge in [-0.2, -0.15) is 18.2 Å². The monoisotopic (exact) mass is 915 g/mol. The highest BCUT2D eigenvalue weighted by Crippen LogP contribution is 2.46. The Labute approximate surface area is 372 Å². The van der Waals surface area contributed by atoms with E-state index in [4.69, 9.17) is 9.15 Å². The van der Waals surface area contributed by atoms with Crippen molar-refractivity contribution < 1.29 is 49.9 Å². The normalized spacial score (nSPS) is 21.4. The summed E-state index contributed by atoms with van der Waals surface area (Å²) >= 11 is 0. The van der Waals surface area contributed by atoms with E-state index in [2.05, 4.69) is 37.2 Å². The number of sulfonamides is 1. The number of furan rings is 1. The van der Waals surface area contributed by atoms with Crippen molar-refractivity contribution in [3.63, 3.8) is 0 Å². The zero-order chi connectivity index (χ0) is 46.6. The first-order valence-corrected chi connectivity index (χ1v) is 22.8. The molecule has 3 aromatic carbocycles. The van der Waals surface area contributed by atoms with Crippen LogP contribution < -0.4 is 25.4 Å². The fraction of sp³-hybridized carbons (Fsp3) is 0.391. The van der Waals surface area contributed by atoms with Crippen molar-refractivity contribution in [1.82, 2.24) is 30.2 Å². The van der Waals surface area contributed by atoms with Crippen LogP contribution in [-0.4, -0.2) is 89.0 Å². The highest BCUT2D eigenvalue weighted by Gasteiger charge is 2.62. The topological polar surface area (TPSA) is 202 Å². The van der Waals surface area contributed by atoms with E-state index in [0.29, 0.717) is 47.1 Å². The van der Waals surface area contributed by atoms with Crippen LogP contribution in [0.4, 0.5) is 18.9 Å². The number of rotatable bonds is 14. The molecule has 3 aliphatic rings. The molecule has 1 saturated heterocycles. The number of carbonyl (C=O) groups is 4. The third kappa shape index (κ3) is 9.10. The molecule has 8 rings (SSSR count). The molecule has 19 heteroatoms. The molecule has 2 saturated carbocycles. The highest BCUT2D eigenvalue weighted by atomic mass is 32.2. The molecule has 4 amide bonds. The summed E-state index contributed by atoms with van der Waals surface area (Å²) in [6.45, 7) is 11.4. The quantitative estimate of drug-likeness (QED) is 0.0904. The number of hydrogen-bond acceptors (Lipinski definition) is 11. The van der Waals surface area contributed by atoms with Crippen LogP contribution in [0.15, 0.2) is 89.9 Å². The minimum Gasteiger partial charge on any atom is -0.470 e. The Hall–Kier alpha value is -6.50. The van der Waals surface area contributed by atoms with Crippen molar-refractivity contribution in [2.75, 3.05) is 18.4 Å². The summed E-state index contributed by atoms with van der Waals surface area (Å²) in [5.74, 6) is -3.08. The summed E-state index contributed by atoms with van der Waals surface area (Å²) in [5, 5.41) is 8.70. The van der Waals surface area contributed by atoms with E-state index in [1.54, 1.807) is 55.5 Å². The Morgan fingerprint density at radius 2 is 1.69 bits per heavy atom. The van der Waals surface area contributed by atoms with Gasteiger partial charge in [-0.05, 0) is 80.1 Å². The van der Waals surface area contributed by atoms with Crippen LogP contribution in [0.25, 0.3) is 33.5 Å². The number of ether oxygens (including phenoxy) is 1. The minimum atomic E-state index is -4.57. The summed E-state index contributed by atoms with van der Waals surface area (Å²) in [5.41, 5.74) is -1.23. The number of halogens is 3. The number of aromatic nitrogens is 2. The Morgan fingerprint density at radius 3 is 2.31 bits per heavy atom. The van der Waals surface area contributed by atoms with Crippen LogP contribution >= 0.6 is 0 Å².